The number of piperidine rings is 1. The first-order chi connectivity index (χ1) is 17.2. The number of rotatable bonds is 8. The maximum absolute atomic E-state index is 13.0. The molecule has 192 valence electrons. The van der Waals surface area contributed by atoms with Crippen LogP contribution in [0.1, 0.15) is 54.5 Å². The first-order valence-corrected chi connectivity index (χ1v) is 13.0. The van der Waals surface area contributed by atoms with Crippen LogP contribution in [0.15, 0.2) is 53.9 Å². The van der Waals surface area contributed by atoms with Gasteiger partial charge >= 0.3 is 6.36 Å². The highest BCUT2D eigenvalue weighted by Crippen LogP contribution is 2.33. The van der Waals surface area contributed by atoms with Gasteiger partial charge < -0.3 is 15.0 Å². The first-order valence-electron chi connectivity index (χ1n) is 12.2. The summed E-state index contributed by atoms with van der Waals surface area (Å²) in [5, 5.41) is 5.71. The van der Waals surface area contributed by atoms with Gasteiger partial charge in [-0.3, -0.25) is 4.79 Å². The summed E-state index contributed by atoms with van der Waals surface area (Å²) in [7, 11) is 0. The van der Waals surface area contributed by atoms with Gasteiger partial charge in [-0.1, -0.05) is 50.6 Å². The van der Waals surface area contributed by atoms with Gasteiger partial charge in [-0.2, -0.15) is 0 Å². The summed E-state index contributed by atoms with van der Waals surface area (Å²) in [4.78, 5) is 20.2. The van der Waals surface area contributed by atoms with E-state index in [2.05, 4.69) is 33.8 Å². The van der Waals surface area contributed by atoms with E-state index in [1.54, 1.807) is 29.6 Å². The van der Waals surface area contributed by atoms with Crippen LogP contribution >= 0.6 is 11.3 Å². The summed E-state index contributed by atoms with van der Waals surface area (Å²) in [5.74, 6) is 0.463. The molecular weight excluding hydrogens is 487 g/mol. The number of benzene rings is 2. The Kier molecular flexibility index (Phi) is 8.31. The number of amides is 1. The maximum atomic E-state index is 13.0. The third-order valence-corrected chi connectivity index (χ3v) is 7.54. The van der Waals surface area contributed by atoms with E-state index >= 15 is 0 Å². The number of hydrogen-bond acceptors (Lipinski definition) is 5. The van der Waals surface area contributed by atoms with Crippen LogP contribution in [0.25, 0.3) is 11.1 Å². The van der Waals surface area contributed by atoms with Crippen LogP contribution in [0.3, 0.4) is 0 Å². The topological polar surface area (TPSA) is 54.5 Å². The quantitative estimate of drug-likeness (QED) is 0.344. The van der Waals surface area contributed by atoms with Crippen molar-refractivity contribution in [1.82, 2.24) is 9.88 Å². The van der Waals surface area contributed by atoms with E-state index in [0.29, 0.717) is 34.3 Å². The number of aromatic nitrogens is 1. The SMILES string of the molecule is CCC(C)CN1CCC(c2nc(C(=O)Nc3ccccc3-c3ccc(OC(F)(F)F)cc3)cs2)CC1. The number of likely N-dealkylation sites (tertiary alicyclic amines) is 1. The van der Waals surface area contributed by atoms with E-state index in [9.17, 15) is 18.0 Å². The Morgan fingerprint density at radius 1 is 1.17 bits per heavy atom. The molecule has 3 aromatic rings. The van der Waals surface area contributed by atoms with Crippen LogP contribution in [0.5, 0.6) is 5.75 Å². The zero-order valence-corrected chi connectivity index (χ0v) is 21.2. The minimum absolute atomic E-state index is 0.298. The zero-order chi connectivity index (χ0) is 25.7. The zero-order valence-electron chi connectivity index (χ0n) is 20.3. The van der Waals surface area contributed by atoms with E-state index < -0.39 is 6.36 Å². The molecule has 5 nitrogen and oxygen atoms in total. The Hall–Kier alpha value is -2.91. The summed E-state index contributed by atoms with van der Waals surface area (Å²) in [6.45, 7) is 7.74. The van der Waals surface area contributed by atoms with Gasteiger partial charge in [0.1, 0.15) is 11.4 Å². The standard InChI is InChI=1S/C27H30F3N3O2S/c1-3-18(2)16-33-14-12-20(13-15-33)26-32-24(17-36-26)25(34)31-23-7-5-4-6-22(23)19-8-10-21(11-9-19)35-27(28,29)30/h4-11,17-18,20H,3,12-16H2,1-2H3,(H,31,34). The predicted molar refractivity (Wildman–Crippen MR) is 136 cm³/mol. The van der Waals surface area contributed by atoms with E-state index in [4.69, 9.17) is 0 Å². The van der Waals surface area contributed by atoms with Crippen molar-refractivity contribution in [3.63, 3.8) is 0 Å². The molecule has 1 atom stereocenters. The monoisotopic (exact) mass is 517 g/mol. The van der Waals surface area contributed by atoms with Crippen LogP contribution in [-0.4, -0.2) is 41.8 Å². The Morgan fingerprint density at radius 3 is 2.53 bits per heavy atom. The number of carbonyl (C=O) groups is 1. The predicted octanol–water partition coefficient (Wildman–Crippen LogP) is 7.19. The molecule has 1 unspecified atom stereocenters. The van der Waals surface area contributed by atoms with Crippen LogP contribution in [-0.2, 0) is 0 Å². The van der Waals surface area contributed by atoms with Gasteiger partial charge in [-0.15, -0.1) is 24.5 Å². The number of nitrogens with one attached hydrogen (secondary N) is 1. The number of alkyl halides is 3. The van der Waals surface area contributed by atoms with E-state index in [1.807, 2.05) is 0 Å². The number of carbonyl (C=O) groups excluding carboxylic acids is 1. The fourth-order valence-corrected chi connectivity index (χ4v) is 5.35. The van der Waals surface area contributed by atoms with Gasteiger partial charge in [-0.05, 0) is 55.6 Å². The van der Waals surface area contributed by atoms with Gasteiger partial charge in [0.05, 0.1) is 5.01 Å². The number of hydrogen-bond donors (Lipinski definition) is 1. The van der Waals surface area contributed by atoms with Gasteiger partial charge in [0.25, 0.3) is 5.91 Å². The van der Waals surface area contributed by atoms with Gasteiger partial charge in [-0.25, -0.2) is 4.98 Å². The van der Waals surface area contributed by atoms with Crippen molar-refractivity contribution in [2.75, 3.05) is 25.0 Å². The summed E-state index contributed by atoms with van der Waals surface area (Å²) < 4.78 is 41.3. The third kappa shape index (κ3) is 6.85. The lowest BCUT2D eigenvalue weighted by molar-refractivity contribution is -0.274. The number of nitrogens with zero attached hydrogens (tertiary/aromatic N) is 2. The van der Waals surface area contributed by atoms with Gasteiger partial charge in [0.15, 0.2) is 0 Å². The Bertz CT molecular complexity index is 1160. The van der Waals surface area contributed by atoms with E-state index in [0.717, 1.165) is 37.5 Å². The van der Waals surface area contributed by atoms with E-state index in [-0.39, 0.29) is 11.7 Å². The van der Waals surface area contributed by atoms with Crippen molar-refractivity contribution in [3.05, 3.63) is 64.6 Å². The molecule has 0 saturated carbocycles. The lowest BCUT2D eigenvalue weighted by Crippen LogP contribution is -2.35. The molecule has 1 aliphatic heterocycles. The normalized spacial score (nSPS) is 16.0. The molecule has 0 spiro atoms. The average Bonchev–Trinajstić information content (AvgIpc) is 3.35. The number of ether oxygens (including phenoxy) is 1. The molecule has 1 amide bonds. The van der Waals surface area contributed by atoms with Crippen LogP contribution < -0.4 is 10.1 Å². The molecule has 1 fully saturated rings. The summed E-state index contributed by atoms with van der Waals surface area (Å²) in [6.07, 6.45) is -1.47. The molecule has 1 aromatic heterocycles. The highest BCUT2D eigenvalue weighted by Gasteiger charge is 2.31. The molecule has 1 N–H and O–H groups in total. The number of para-hydroxylation sites is 1. The van der Waals surface area contributed by atoms with Gasteiger partial charge in [0.2, 0.25) is 0 Å². The van der Waals surface area contributed by atoms with Gasteiger partial charge in [0, 0.05) is 29.1 Å². The highest BCUT2D eigenvalue weighted by molar-refractivity contribution is 7.10. The minimum atomic E-state index is -4.75. The molecule has 4 rings (SSSR count). The lowest BCUT2D eigenvalue weighted by atomic mass is 9.96. The second kappa shape index (κ2) is 11.4. The van der Waals surface area contributed by atoms with Crippen molar-refractivity contribution in [2.24, 2.45) is 5.92 Å². The summed E-state index contributed by atoms with van der Waals surface area (Å²) in [5.41, 5.74) is 2.28. The minimum Gasteiger partial charge on any atom is -0.406 e. The first kappa shape index (κ1) is 26.2. The van der Waals surface area contributed by atoms with Crippen molar-refractivity contribution < 1.29 is 22.7 Å². The van der Waals surface area contributed by atoms with Crippen LogP contribution in [0.2, 0.25) is 0 Å². The summed E-state index contributed by atoms with van der Waals surface area (Å²) >= 11 is 1.52. The average molecular weight is 518 g/mol. The second-order valence-corrected chi connectivity index (χ2v) is 10.1. The van der Waals surface area contributed by atoms with Crippen molar-refractivity contribution in [3.8, 4) is 16.9 Å². The second-order valence-electron chi connectivity index (χ2n) is 9.23. The van der Waals surface area contributed by atoms with Crippen molar-refractivity contribution in [1.29, 1.82) is 0 Å². The fourth-order valence-electron chi connectivity index (χ4n) is 4.38. The fraction of sp³-hybridized carbons (Fsp3) is 0.407. The molecule has 36 heavy (non-hydrogen) atoms. The number of thiazole rings is 1. The lowest BCUT2D eigenvalue weighted by Gasteiger charge is -2.32. The van der Waals surface area contributed by atoms with Crippen molar-refractivity contribution >= 4 is 22.9 Å². The molecule has 0 bridgehead atoms. The Morgan fingerprint density at radius 2 is 1.86 bits per heavy atom. The number of anilines is 1. The molecule has 2 aromatic carbocycles. The number of halogens is 3. The molecule has 9 heteroatoms. The van der Waals surface area contributed by atoms with Crippen molar-refractivity contribution in [2.45, 2.75) is 45.4 Å². The molecule has 0 aliphatic carbocycles. The maximum Gasteiger partial charge on any atom is 0.573 e. The third-order valence-electron chi connectivity index (χ3n) is 6.53. The molecular formula is C27H30F3N3O2S. The highest BCUT2D eigenvalue weighted by atomic mass is 32.1. The van der Waals surface area contributed by atoms with Crippen LogP contribution in [0, 0.1) is 5.92 Å². The Balaban J connectivity index is 1.40. The van der Waals surface area contributed by atoms with E-state index in [1.165, 1.54) is 42.0 Å². The molecule has 1 aliphatic rings. The molecule has 2 heterocycles. The summed E-state index contributed by atoms with van der Waals surface area (Å²) in [6, 6.07) is 12.7. The smallest absolute Gasteiger partial charge is 0.406 e. The largest absolute Gasteiger partial charge is 0.573 e. The Labute approximate surface area is 213 Å². The molecule has 0 radical (unpaired) electrons. The van der Waals surface area contributed by atoms with Crippen LogP contribution in [0.4, 0.5) is 18.9 Å². The molecule has 1 saturated heterocycles.